The molecule has 0 radical (unpaired) electrons. The van der Waals surface area contributed by atoms with Gasteiger partial charge in [0.1, 0.15) is 0 Å². The molecule has 4 aromatic rings. The zero-order valence-electron chi connectivity index (χ0n) is 18.3. The van der Waals surface area contributed by atoms with Crippen LogP contribution in [0.4, 0.5) is 5.69 Å². The molecule has 3 nitrogen and oxygen atoms in total. The number of nitrogens with one attached hydrogen (secondary N) is 1. The maximum absolute atomic E-state index is 6.45. The molecule has 0 saturated carbocycles. The van der Waals surface area contributed by atoms with Gasteiger partial charge in [-0.2, -0.15) is 0 Å². The van der Waals surface area contributed by atoms with E-state index in [1.54, 1.807) is 0 Å². The van der Waals surface area contributed by atoms with E-state index in [0.29, 0.717) is 23.2 Å². The largest absolute Gasteiger partial charge is 0.345 e. The number of anilines is 1. The van der Waals surface area contributed by atoms with Crippen LogP contribution in [0.25, 0.3) is 0 Å². The van der Waals surface area contributed by atoms with Gasteiger partial charge in [-0.25, -0.2) is 0 Å². The number of rotatable bonds is 7. The number of aromatic nitrogens is 1. The molecule has 0 bridgehead atoms. The smallest absolute Gasteiger partial charge is 0.174 e. The number of halogens is 2. The van der Waals surface area contributed by atoms with Crippen molar-refractivity contribution in [1.29, 1.82) is 0 Å². The van der Waals surface area contributed by atoms with Crippen molar-refractivity contribution >= 4 is 46.2 Å². The van der Waals surface area contributed by atoms with Gasteiger partial charge >= 0.3 is 0 Å². The topological polar surface area (TPSA) is 20.2 Å². The van der Waals surface area contributed by atoms with E-state index in [1.807, 2.05) is 61.5 Å². The molecule has 6 heteroatoms. The second kappa shape index (κ2) is 10.9. The van der Waals surface area contributed by atoms with Crippen LogP contribution < -0.4 is 5.32 Å². The van der Waals surface area contributed by atoms with Gasteiger partial charge in [-0.15, -0.1) is 0 Å². The minimum absolute atomic E-state index is 0.625. The van der Waals surface area contributed by atoms with E-state index in [0.717, 1.165) is 34.1 Å². The molecule has 3 aromatic carbocycles. The van der Waals surface area contributed by atoms with Crippen LogP contribution in [0.5, 0.6) is 0 Å². The van der Waals surface area contributed by atoms with Gasteiger partial charge in [0, 0.05) is 30.0 Å². The van der Waals surface area contributed by atoms with Crippen molar-refractivity contribution in [3.63, 3.8) is 0 Å². The van der Waals surface area contributed by atoms with Crippen LogP contribution in [0.3, 0.4) is 0 Å². The number of nitrogens with zero attached hydrogens (tertiary/aromatic N) is 2. The normalized spacial score (nSPS) is 10.8. The van der Waals surface area contributed by atoms with E-state index in [9.17, 15) is 0 Å². The Balaban J connectivity index is 1.56. The standard InChI is InChI=1S/C27H25Cl2N3S/c1-20-12-13-26(25(29)15-20)30-27(33)32(17-21-7-3-2-4-8-21)19-24-11-6-14-31(24)18-22-9-5-10-23(28)16-22/h2-16H,17-19H2,1H3,(H,30,33). The molecular weight excluding hydrogens is 469 g/mol. The summed E-state index contributed by atoms with van der Waals surface area (Å²) in [5.74, 6) is 0. The van der Waals surface area contributed by atoms with Crippen molar-refractivity contribution in [1.82, 2.24) is 9.47 Å². The molecule has 4 rings (SSSR count). The van der Waals surface area contributed by atoms with Gasteiger partial charge in [0.2, 0.25) is 0 Å². The Morgan fingerprint density at radius 2 is 1.67 bits per heavy atom. The molecule has 1 aromatic heterocycles. The lowest BCUT2D eigenvalue weighted by atomic mass is 10.2. The molecule has 0 spiro atoms. The zero-order chi connectivity index (χ0) is 23.2. The Morgan fingerprint density at radius 1 is 0.879 bits per heavy atom. The summed E-state index contributed by atoms with van der Waals surface area (Å²) in [5.41, 5.74) is 5.41. The van der Waals surface area contributed by atoms with Gasteiger partial charge < -0.3 is 14.8 Å². The predicted octanol–water partition coefficient (Wildman–Crippen LogP) is 7.55. The van der Waals surface area contributed by atoms with E-state index in [4.69, 9.17) is 35.4 Å². The quantitative estimate of drug-likeness (QED) is 0.268. The SMILES string of the molecule is Cc1ccc(NC(=S)N(Cc2ccccc2)Cc2cccn2Cc2cccc(Cl)c2)c(Cl)c1. The van der Waals surface area contributed by atoms with Crippen LogP contribution in [-0.4, -0.2) is 14.6 Å². The number of benzene rings is 3. The first-order chi connectivity index (χ1) is 16.0. The molecule has 0 unspecified atom stereocenters. The number of hydrogen-bond acceptors (Lipinski definition) is 1. The van der Waals surface area contributed by atoms with E-state index < -0.39 is 0 Å². The summed E-state index contributed by atoms with van der Waals surface area (Å²) >= 11 is 18.5. The highest BCUT2D eigenvalue weighted by molar-refractivity contribution is 7.80. The fraction of sp³-hybridized carbons (Fsp3) is 0.148. The minimum Gasteiger partial charge on any atom is -0.345 e. The molecule has 0 aliphatic carbocycles. The Labute approximate surface area is 210 Å². The summed E-state index contributed by atoms with van der Waals surface area (Å²) < 4.78 is 2.23. The molecule has 0 aliphatic heterocycles. The molecule has 1 heterocycles. The van der Waals surface area contributed by atoms with Gasteiger partial charge in [-0.3, -0.25) is 0 Å². The molecule has 0 saturated heterocycles. The summed E-state index contributed by atoms with van der Waals surface area (Å²) in [6.45, 7) is 4.09. The minimum atomic E-state index is 0.625. The van der Waals surface area contributed by atoms with Gasteiger partial charge in [0.15, 0.2) is 5.11 Å². The Bertz CT molecular complexity index is 1240. The monoisotopic (exact) mass is 493 g/mol. The van der Waals surface area contributed by atoms with Crippen molar-refractivity contribution in [3.05, 3.63) is 124 Å². The average molecular weight is 494 g/mol. The molecule has 168 valence electrons. The lowest BCUT2D eigenvalue weighted by Gasteiger charge is -2.27. The third-order valence-electron chi connectivity index (χ3n) is 5.39. The molecular formula is C27H25Cl2N3S. The third-order valence-corrected chi connectivity index (χ3v) is 6.30. The molecule has 0 atom stereocenters. The Hall–Kier alpha value is -2.79. The van der Waals surface area contributed by atoms with Crippen molar-refractivity contribution < 1.29 is 0 Å². The highest BCUT2D eigenvalue weighted by atomic mass is 35.5. The summed E-state index contributed by atoms with van der Waals surface area (Å²) in [6, 6.07) is 28.4. The molecule has 0 fully saturated rings. The van der Waals surface area contributed by atoms with Crippen molar-refractivity contribution in [2.75, 3.05) is 5.32 Å². The van der Waals surface area contributed by atoms with Crippen molar-refractivity contribution in [3.8, 4) is 0 Å². The number of aryl methyl sites for hydroxylation is 1. The van der Waals surface area contributed by atoms with E-state index in [2.05, 4.69) is 51.3 Å². The van der Waals surface area contributed by atoms with Crippen LogP contribution >= 0.6 is 35.4 Å². The van der Waals surface area contributed by atoms with Crippen molar-refractivity contribution in [2.24, 2.45) is 0 Å². The summed E-state index contributed by atoms with van der Waals surface area (Å²) in [4.78, 5) is 2.16. The van der Waals surface area contributed by atoms with Gasteiger partial charge in [0.05, 0.1) is 17.3 Å². The second-order valence-electron chi connectivity index (χ2n) is 8.01. The van der Waals surface area contributed by atoms with Gasteiger partial charge in [-0.05, 0) is 72.2 Å². The Kier molecular flexibility index (Phi) is 7.71. The van der Waals surface area contributed by atoms with E-state index in [1.165, 1.54) is 5.56 Å². The highest BCUT2D eigenvalue weighted by Crippen LogP contribution is 2.24. The number of thiocarbonyl (C=S) groups is 1. The Morgan fingerprint density at radius 3 is 2.42 bits per heavy atom. The average Bonchev–Trinajstić information content (AvgIpc) is 3.22. The van der Waals surface area contributed by atoms with E-state index >= 15 is 0 Å². The van der Waals surface area contributed by atoms with E-state index in [-0.39, 0.29) is 0 Å². The number of hydrogen-bond donors (Lipinski definition) is 1. The van der Waals surface area contributed by atoms with Crippen LogP contribution in [0, 0.1) is 6.92 Å². The molecule has 33 heavy (non-hydrogen) atoms. The zero-order valence-corrected chi connectivity index (χ0v) is 20.7. The first-order valence-electron chi connectivity index (χ1n) is 10.7. The summed E-state index contributed by atoms with van der Waals surface area (Å²) in [6.07, 6.45) is 2.09. The molecule has 1 N–H and O–H groups in total. The van der Waals surface area contributed by atoms with Crippen LogP contribution in [-0.2, 0) is 19.6 Å². The first kappa shape index (κ1) is 23.4. The maximum atomic E-state index is 6.45. The summed E-state index contributed by atoms with van der Waals surface area (Å²) in [5, 5.41) is 5.37. The second-order valence-corrected chi connectivity index (χ2v) is 9.24. The third kappa shape index (κ3) is 6.38. The summed E-state index contributed by atoms with van der Waals surface area (Å²) in [7, 11) is 0. The lowest BCUT2D eigenvalue weighted by Crippen LogP contribution is -2.34. The van der Waals surface area contributed by atoms with Crippen LogP contribution in [0.2, 0.25) is 10.0 Å². The predicted molar refractivity (Wildman–Crippen MR) is 143 cm³/mol. The first-order valence-corrected chi connectivity index (χ1v) is 11.9. The van der Waals surface area contributed by atoms with Gasteiger partial charge in [0.25, 0.3) is 0 Å². The van der Waals surface area contributed by atoms with Gasteiger partial charge in [-0.1, -0.05) is 71.7 Å². The fourth-order valence-corrected chi connectivity index (χ4v) is 4.43. The fourth-order valence-electron chi connectivity index (χ4n) is 3.69. The molecule has 0 amide bonds. The van der Waals surface area contributed by atoms with Crippen molar-refractivity contribution in [2.45, 2.75) is 26.6 Å². The lowest BCUT2D eigenvalue weighted by molar-refractivity contribution is 0.399. The van der Waals surface area contributed by atoms with Crippen LogP contribution in [0.15, 0.2) is 91.1 Å². The van der Waals surface area contributed by atoms with Crippen LogP contribution in [0.1, 0.15) is 22.4 Å². The molecule has 0 aliphatic rings. The highest BCUT2D eigenvalue weighted by Gasteiger charge is 2.15. The maximum Gasteiger partial charge on any atom is 0.174 e.